The van der Waals surface area contributed by atoms with Crippen molar-refractivity contribution in [1.29, 1.82) is 0 Å². The minimum atomic E-state index is 0.152. The van der Waals surface area contributed by atoms with Gasteiger partial charge in [0.25, 0.3) is 0 Å². The first-order valence-corrected chi connectivity index (χ1v) is 4.45. The SMILES string of the molecule is Oc1cccc2c1OCCCCO2. The van der Waals surface area contributed by atoms with Crippen LogP contribution in [0.15, 0.2) is 18.2 Å². The molecule has 0 fully saturated rings. The van der Waals surface area contributed by atoms with Crippen LogP contribution in [0.5, 0.6) is 17.2 Å². The van der Waals surface area contributed by atoms with Gasteiger partial charge >= 0.3 is 0 Å². The molecule has 1 N–H and O–H groups in total. The Morgan fingerprint density at radius 3 is 2.69 bits per heavy atom. The summed E-state index contributed by atoms with van der Waals surface area (Å²) in [5, 5.41) is 9.47. The summed E-state index contributed by atoms with van der Waals surface area (Å²) in [6.07, 6.45) is 1.96. The van der Waals surface area contributed by atoms with Crippen LogP contribution in [0.1, 0.15) is 12.8 Å². The molecule has 1 aliphatic rings. The summed E-state index contributed by atoms with van der Waals surface area (Å²) in [6, 6.07) is 5.16. The highest BCUT2D eigenvalue weighted by Gasteiger charge is 2.12. The zero-order valence-corrected chi connectivity index (χ0v) is 7.32. The Morgan fingerprint density at radius 2 is 1.85 bits per heavy atom. The summed E-state index contributed by atoms with van der Waals surface area (Å²) in [6.45, 7) is 1.34. The number of aromatic hydroxyl groups is 1. The summed E-state index contributed by atoms with van der Waals surface area (Å²) in [4.78, 5) is 0. The van der Waals surface area contributed by atoms with Crippen LogP contribution < -0.4 is 9.47 Å². The normalized spacial score (nSPS) is 16.0. The van der Waals surface area contributed by atoms with Crippen LogP contribution in [0.4, 0.5) is 0 Å². The van der Waals surface area contributed by atoms with Gasteiger partial charge in [-0.25, -0.2) is 0 Å². The molecule has 0 saturated carbocycles. The first-order chi connectivity index (χ1) is 6.38. The molecule has 1 aromatic carbocycles. The van der Waals surface area contributed by atoms with E-state index in [1.807, 2.05) is 0 Å². The number of rotatable bonds is 0. The minimum Gasteiger partial charge on any atom is -0.504 e. The zero-order chi connectivity index (χ0) is 9.10. The van der Waals surface area contributed by atoms with Gasteiger partial charge in [0.05, 0.1) is 13.2 Å². The number of phenols is 1. The highest BCUT2D eigenvalue weighted by atomic mass is 16.5. The molecule has 0 saturated heterocycles. The average Bonchev–Trinajstić information content (AvgIpc) is 2.07. The van der Waals surface area contributed by atoms with E-state index in [9.17, 15) is 5.11 Å². The molecule has 3 nitrogen and oxygen atoms in total. The molecule has 0 spiro atoms. The molecule has 0 radical (unpaired) electrons. The number of fused-ring (bicyclic) bond motifs is 1. The number of hydrogen-bond acceptors (Lipinski definition) is 3. The van der Waals surface area contributed by atoms with E-state index in [-0.39, 0.29) is 5.75 Å². The van der Waals surface area contributed by atoms with Crippen LogP contribution in [0.2, 0.25) is 0 Å². The van der Waals surface area contributed by atoms with Gasteiger partial charge < -0.3 is 14.6 Å². The lowest BCUT2D eigenvalue weighted by molar-refractivity contribution is 0.216. The van der Waals surface area contributed by atoms with Crippen LogP contribution in [-0.2, 0) is 0 Å². The van der Waals surface area contributed by atoms with Crippen LogP contribution >= 0.6 is 0 Å². The maximum absolute atomic E-state index is 9.47. The number of hydrogen-bond donors (Lipinski definition) is 1. The molecule has 0 unspecified atom stereocenters. The maximum Gasteiger partial charge on any atom is 0.203 e. The van der Waals surface area contributed by atoms with Crippen molar-refractivity contribution in [3.05, 3.63) is 18.2 Å². The highest BCUT2D eigenvalue weighted by Crippen LogP contribution is 2.37. The Balaban J connectivity index is 2.33. The molecule has 0 amide bonds. The molecule has 0 bridgehead atoms. The van der Waals surface area contributed by atoms with Crippen molar-refractivity contribution in [3.8, 4) is 17.2 Å². The molecule has 70 valence electrons. The summed E-state index contributed by atoms with van der Waals surface area (Å²) in [5.74, 6) is 1.27. The molecule has 0 aliphatic carbocycles. The lowest BCUT2D eigenvalue weighted by atomic mass is 10.2. The number of para-hydroxylation sites is 1. The average molecular weight is 180 g/mol. The number of phenolic OH excluding ortho intramolecular Hbond substituents is 1. The third-order valence-corrected chi connectivity index (χ3v) is 2.00. The Morgan fingerprint density at radius 1 is 1.08 bits per heavy atom. The first-order valence-electron chi connectivity index (χ1n) is 4.45. The molecular weight excluding hydrogens is 168 g/mol. The maximum atomic E-state index is 9.47. The third kappa shape index (κ3) is 1.69. The number of benzene rings is 1. The zero-order valence-electron chi connectivity index (χ0n) is 7.32. The van der Waals surface area contributed by atoms with E-state index < -0.39 is 0 Å². The van der Waals surface area contributed by atoms with Crippen molar-refractivity contribution in [3.63, 3.8) is 0 Å². The fourth-order valence-corrected chi connectivity index (χ4v) is 1.32. The van der Waals surface area contributed by atoms with Gasteiger partial charge in [-0.05, 0) is 25.0 Å². The van der Waals surface area contributed by atoms with Crippen LogP contribution in [-0.4, -0.2) is 18.3 Å². The van der Waals surface area contributed by atoms with Crippen molar-refractivity contribution >= 4 is 0 Å². The van der Waals surface area contributed by atoms with E-state index in [4.69, 9.17) is 9.47 Å². The van der Waals surface area contributed by atoms with E-state index in [0.717, 1.165) is 12.8 Å². The van der Waals surface area contributed by atoms with Gasteiger partial charge in [-0.15, -0.1) is 0 Å². The van der Waals surface area contributed by atoms with Crippen molar-refractivity contribution in [1.82, 2.24) is 0 Å². The predicted molar refractivity (Wildman–Crippen MR) is 48.3 cm³/mol. The topological polar surface area (TPSA) is 38.7 Å². The molecular formula is C10H12O3. The van der Waals surface area contributed by atoms with Gasteiger partial charge in [-0.3, -0.25) is 0 Å². The van der Waals surface area contributed by atoms with E-state index >= 15 is 0 Å². The molecule has 0 aromatic heterocycles. The predicted octanol–water partition coefficient (Wildman–Crippen LogP) is 1.94. The second-order valence-electron chi connectivity index (χ2n) is 3.01. The third-order valence-electron chi connectivity index (χ3n) is 2.00. The van der Waals surface area contributed by atoms with Gasteiger partial charge in [0.1, 0.15) is 0 Å². The Labute approximate surface area is 76.9 Å². The fraction of sp³-hybridized carbons (Fsp3) is 0.400. The summed E-state index contributed by atoms with van der Waals surface area (Å²) in [5.41, 5.74) is 0. The molecule has 3 heteroatoms. The Hall–Kier alpha value is -1.38. The minimum absolute atomic E-state index is 0.152. The summed E-state index contributed by atoms with van der Waals surface area (Å²) < 4.78 is 10.8. The van der Waals surface area contributed by atoms with Crippen molar-refractivity contribution in [2.24, 2.45) is 0 Å². The van der Waals surface area contributed by atoms with Gasteiger partial charge in [-0.1, -0.05) is 6.07 Å². The van der Waals surface area contributed by atoms with Crippen molar-refractivity contribution in [2.45, 2.75) is 12.8 Å². The first kappa shape index (κ1) is 8.23. The number of ether oxygens (including phenoxy) is 2. The lowest BCUT2D eigenvalue weighted by Crippen LogP contribution is -2.08. The summed E-state index contributed by atoms with van der Waals surface area (Å²) in [7, 11) is 0. The second kappa shape index (κ2) is 3.56. The fourth-order valence-electron chi connectivity index (χ4n) is 1.32. The smallest absolute Gasteiger partial charge is 0.203 e. The molecule has 1 aliphatic heterocycles. The van der Waals surface area contributed by atoms with Crippen molar-refractivity contribution in [2.75, 3.05) is 13.2 Å². The quantitative estimate of drug-likeness (QED) is 0.663. The van der Waals surface area contributed by atoms with Crippen LogP contribution in [0, 0.1) is 0 Å². The second-order valence-corrected chi connectivity index (χ2v) is 3.01. The Kier molecular flexibility index (Phi) is 2.25. The highest BCUT2D eigenvalue weighted by molar-refractivity contribution is 5.50. The van der Waals surface area contributed by atoms with Gasteiger partial charge in [-0.2, -0.15) is 0 Å². The largest absolute Gasteiger partial charge is 0.504 e. The van der Waals surface area contributed by atoms with Crippen molar-refractivity contribution < 1.29 is 14.6 Å². The molecule has 1 aromatic rings. The standard InChI is InChI=1S/C10H12O3/c11-8-4-3-5-9-10(8)13-7-2-1-6-12-9/h3-5,11H,1-2,6-7H2. The van der Waals surface area contributed by atoms with Gasteiger partial charge in [0.2, 0.25) is 5.75 Å². The van der Waals surface area contributed by atoms with Crippen LogP contribution in [0.25, 0.3) is 0 Å². The lowest BCUT2D eigenvalue weighted by Gasteiger charge is -2.16. The van der Waals surface area contributed by atoms with Gasteiger partial charge in [0.15, 0.2) is 11.5 Å². The summed E-state index contributed by atoms with van der Waals surface area (Å²) >= 11 is 0. The van der Waals surface area contributed by atoms with E-state index in [1.165, 1.54) is 0 Å². The molecule has 13 heavy (non-hydrogen) atoms. The molecule has 0 atom stereocenters. The van der Waals surface area contributed by atoms with E-state index in [1.54, 1.807) is 18.2 Å². The van der Waals surface area contributed by atoms with Gasteiger partial charge in [0, 0.05) is 0 Å². The van der Waals surface area contributed by atoms with E-state index in [0.29, 0.717) is 24.7 Å². The monoisotopic (exact) mass is 180 g/mol. The van der Waals surface area contributed by atoms with Crippen LogP contribution in [0.3, 0.4) is 0 Å². The van der Waals surface area contributed by atoms with E-state index in [2.05, 4.69) is 0 Å². The molecule has 1 heterocycles. The molecule has 2 rings (SSSR count). The Bertz CT molecular complexity index is 296.